The van der Waals surface area contributed by atoms with Crippen LogP contribution in [0.15, 0.2) is 140 Å². The summed E-state index contributed by atoms with van der Waals surface area (Å²) in [6, 6.07) is 51.2. The van der Waals surface area contributed by atoms with Gasteiger partial charge in [-0.05, 0) is 184 Å². The van der Waals surface area contributed by atoms with Gasteiger partial charge in [0.2, 0.25) is 0 Å². The zero-order chi connectivity index (χ0) is 65.1. The Balaban J connectivity index is 1.37. The Morgan fingerprint density at radius 1 is 0.292 bits per heavy atom. The maximum atomic E-state index is 8.10. The van der Waals surface area contributed by atoms with Gasteiger partial charge in [-0.3, -0.25) is 0 Å². The van der Waals surface area contributed by atoms with E-state index in [0.29, 0.717) is 29.0 Å². The molecule has 10 rings (SSSR count). The molecular weight excluding hydrogens is 1080 g/mol. The molecule has 7 aromatic carbocycles. The normalized spacial score (nSPS) is 13.2. The molecule has 0 N–H and O–H groups in total. The van der Waals surface area contributed by atoms with Gasteiger partial charge in [-0.1, -0.05) is 215 Å². The summed E-state index contributed by atoms with van der Waals surface area (Å²) in [5.74, 6) is 2.27. The van der Waals surface area contributed by atoms with Crippen LogP contribution in [0.1, 0.15) is 211 Å². The summed E-state index contributed by atoms with van der Waals surface area (Å²) in [5, 5.41) is 2.03. The van der Waals surface area contributed by atoms with Gasteiger partial charge in [-0.2, -0.15) is 0 Å². The molecule has 89 heavy (non-hydrogen) atoms. The van der Waals surface area contributed by atoms with E-state index in [2.05, 4.69) is 303 Å². The molecule has 0 saturated heterocycles. The number of para-hydroxylation sites is 1. The first-order chi connectivity index (χ1) is 41.0. The molecule has 0 unspecified atom stereocenters. The summed E-state index contributed by atoms with van der Waals surface area (Å²) in [6.07, 6.45) is 0. The SMILES string of the molecule is [C-]#[N+]c1ccc2c(c1)c1ccccc1n2-c1ccc(-c2nc(-c3cc(C(C)(C)C)cc(C(C)(C)C)c3)cc(-c3cc(C(C)(C)C)cc(C(C)(C)C)c3)n2)cc1-c1nc(-c2cc(C(C)(C)C)cc(C(C)(C)C)c2)nc(-c2cc(C(C)(C)C)cc(C(C)(C)C)c2)n1. The highest BCUT2D eigenvalue weighted by Gasteiger charge is 2.29. The van der Waals surface area contributed by atoms with E-state index in [1.54, 1.807) is 0 Å². The lowest BCUT2D eigenvalue weighted by Gasteiger charge is -2.27. The Labute approximate surface area is 532 Å². The number of nitrogens with zero attached hydrogens (tertiary/aromatic N) is 7. The number of rotatable bonds is 7. The maximum Gasteiger partial charge on any atom is 0.188 e. The Morgan fingerprint density at radius 3 is 1.00 bits per heavy atom. The summed E-state index contributed by atoms with van der Waals surface area (Å²) in [4.78, 5) is 32.3. The van der Waals surface area contributed by atoms with E-state index in [0.717, 1.165) is 72.3 Å². The minimum absolute atomic E-state index is 0.126. The van der Waals surface area contributed by atoms with Crippen molar-refractivity contribution in [2.45, 2.75) is 209 Å². The number of benzene rings is 7. The first-order valence-electron chi connectivity index (χ1n) is 31.9. The quantitative estimate of drug-likeness (QED) is 0.149. The first kappa shape index (κ1) is 63.9. The Kier molecular flexibility index (Phi) is 15.9. The van der Waals surface area contributed by atoms with E-state index >= 15 is 0 Å². The van der Waals surface area contributed by atoms with Gasteiger partial charge in [-0.15, -0.1) is 0 Å². The van der Waals surface area contributed by atoms with Gasteiger partial charge >= 0.3 is 0 Å². The second-order valence-corrected chi connectivity index (χ2v) is 33.4. The molecule has 0 spiro atoms. The van der Waals surface area contributed by atoms with Crippen LogP contribution in [0.25, 0.3) is 100 Å². The van der Waals surface area contributed by atoms with Crippen molar-refractivity contribution >= 4 is 27.5 Å². The molecule has 3 heterocycles. The van der Waals surface area contributed by atoms with Crippen LogP contribution in [0.3, 0.4) is 0 Å². The van der Waals surface area contributed by atoms with E-state index in [1.807, 2.05) is 12.1 Å². The summed E-state index contributed by atoms with van der Waals surface area (Å²) in [7, 11) is 0. The molecule has 7 nitrogen and oxygen atoms in total. The van der Waals surface area contributed by atoms with Crippen molar-refractivity contribution in [1.82, 2.24) is 29.5 Å². The van der Waals surface area contributed by atoms with Crippen LogP contribution >= 0.6 is 0 Å². The van der Waals surface area contributed by atoms with Crippen LogP contribution in [0.2, 0.25) is 0 Å². The third-order valence-corrected chi connectivity index (χ3v) is 17.7. The van der Waals surface area contributed by atoms with Gasteiger partial charge in [0, 0.05) is 38.8 Å². The van der Waals surface area contributed by atoms with Gasteiger partial charge in [0.05, 0.1) is 34.7 Å². The monoisotopic (exact) mass is 1180 g/mol. The minimum atomic E-state index is -0.166. The predicted octanol–water partition coefficient (Wildman–Crippen LogP) is 22.7. The highest BCUT2D eigenvalue weighted by atomic mass is 15.1. The Hall–Kier alpha value is -8.08. The molecule has 7 heteroatoms. The van der Waals surface area contributed by atoms with Crippen LogP contribution in [-0.2, 0) is 43.3 Å². The topological polar surface area (TPSA) is 73.7 Å². The molecule has 3 aromatic heterocycles. The second-order valence-electron chi connectivity index (χ2n) is 33.4. The molecule has 10 aromatic rings. The molecule has 0 atom stereocenters. The minimum Gasteiger partial charge on any atom is -0.309 e. The lowest BCUT2D eigenvalue weighted by atomic mass is 9.79. The number of hydrogen-bond donors (Lipinski definition) is 0. The summed E-state index contributed by atoms with van der Waals surface area (Å²) >= 11 is 0. The summed E-state index contributed by atoms with van der Waals surface area (Å²) < 4.78 is 2.32. The van der Waals surface area contributed by atoms with E-state index in [1.165, 1.54) is 44.5 Å². The van der Waals surface area contributed by atoms with Crippen molar-refractivity contribution in [2.24, 2.45) is 0 Å². The van der Waals surface area contributed by atoms with Gasteiger partial charge < -0.3 is 4.57 Å². The molecule has 0 radical (unpaired) electrons. The second kappa shape index (κ2) is 22.1. The van der Waals surface area contributed by atoms with E-state index in [4.69, 9.17) is 31.5 Å². The van der Waals surface area contributed by atoms with Crippen molar-refractivity contribution in [2.75, 3.05) is 0 Å². The summed E-state index contributed by atoms with van der Waals surface area (Å²) in [6.45, 7) is 62.9. The lowest BCUT2D eigenvalue weighted by molar-refractivity contribution is 0.568. The van der Waals surface area contributed by atoms with Crippen molar-refractivity contribution in [3.05, 3.63) is 195 Å². The fourth-order valence-electron chi connectivity index (χ4n) is 11.5. The molecule has 0 amide bonds. The van der Waals surface area contributed by atoms with Crippen LogP contribution < -0.4 is 0 Å². The van der Waals surface area contributed by atoms with E-state index in [-0.39, 0.29) is 43.3 Å². The molecular formula is C82H95N7. The Bertz CT molecular complexity index is 4130. The van der Waals surface area contributed by atoms with Crippen LogP contribution in [0, 0.1) is 6.57 Å². The molecule has 0 aliphatic heterocycles. The maximum absolute atomic E-state index is 8.10. The fourth-order valence-corrected chi connectivity index (χ4v) is 11.5. The van der Waals surface area contributed by atoms with E-state index < -0.39 is 0 Å². The average molecular weight is 1180 g/mol. The van der Waals surface area contributed by atoms with Crippen molar-refractivity contribution in [1.29, 1.82) is 0 Å². The zero-order valence-electron chi connectivity index (χ0n) is 57.9. The van der Waals surface area contributed by atoms with Crippen LogP contribution in [-0.4, -0.2) is 29.5 Å². The third-order valence-electron chi connectivity index (χ3n) is 17.7. The molecule has 0 fully saturated rings. The zero-order valence-corrected chi connectivity index (χ0v) is 57.9. The standard InChI is InChI=1S/C82H95N7/c1-75(2,3)54-34-50(35-55(43-54)76(4,5)6)66-48-67(51-36-56(77(7,8)9)44-57(37-51)78(10,11)12)85-71(84-66)49-30-32-70(89-68-29-27-26-28-63(68)64-47-62(83-25)31-33-69(64)89)65(42-49)74-87-72(52-38-58(79(13,14)15)45-59(39-52)80(16,17)18)86-73(88-74)53-40-60(81(19,20)21)46-61(41-53)82(22,23)24/h26-48H,1-24H3. The number of aromatic nitrogens is 6. The molecule has 0 aliphatic rings. The third kappa shape index (κ3) is 13.3. The molecule has 0 saturated carbocycles. The van der Waals surface area contributed by atoms with Gasteiger partial charge in [0.25, 0.3) is 0 Å². The fraction of sp³-hybridized carbons (Fsp3) is 0.390. The number of fused-ring (bicyclic) bond motifs is 3. The van der Waals surface area contributed by atoms with Crippen molar-refractivity contribution in [3.8, 4) is 73.8 Å². The predicted molar refractivity (Wildman–Crippen MR) is 378 cm³/mol. The van der Waals surface area contributed by atoms with Gasteiger partial charge in [0.15, 0.2) is 29.0 Å². The van der Waals surface area contributed by atoms with Gasteiger partial charge in [-0.25, -0.2) is 29.8 Å². The van der Waals surface area contributed by atoms with Crippen LogP contribution in [0.5, 0.6) is 0 Å². The molecule has 458 valence electrons. The van der Waals surface area contributed by atoms with Crippen molar-refractivity contribution in [3.63, 3.8) is 0 Å². The smallest absolute Gasteiger partial charge is 0.188 e. The van der Waals surface area contributed by atoms with Crippen molar-refractivity contribution < 1.29 is 0 Å². The van der Waals surface area contributed by atoms with Gasteiger partial charge in [0.1, 0.15) is 0 Å². The summed E-state index contributed by atoms with van der Waals surface area (Å²) in [5.41, 5.74) is 19.3. The molecule has 0 bridgehead atoms. The highest BCUT2D eigenvalue weighted by Crippen LogP contribution is 2.44. The largest absolute Gasteiger partial charge is 0.309 e. The molecule has 0 aliphatic carbocycles. The van der Waals surface area contributed by atoms with E-state index in [9.17, 15) is 0 Å². The first-order valence-corrected chi connectivity index (χ1v) is 31.9. The average Bonchev–Trinajstić information content (AvgIpc) is 1.67. The highest BCUT2D eigenvalue weighted by molar-refractivity contribution is 6.11. The number of hydrogen-bond acceptors (Lipinski definition) is 5. The van der Waals surface area contributed by atoms with Crippen LogP contribution in [0.4, 0.5) is 5.69 Å². The Morgan fingerprint density at radius 2 is 0.629 bits per heavy atom. The lowest BCUT2D eigenvalue weighted by Crippen LogP contribution is -2.17.